The van der Waals surface area contributed by atoms with Crippen molar-refractivity contribution in [3.05, 3.63) is 65.5 Å². The van der Waals surface area contributed by atoms with Crippen molar-refractivity contribution in [3.8, 4) is 0 Å². The zero-order valence-corrected chi connectivity index (χ0v) is 16.2. The molecule has 1 aliphatic heterocycles. The van der Waals surface area contributed by atoms with E-state index in [0.29, 0.717) is 18.5 Å². The first-order valence-electron chi connectivity index (χ1n) is 9.38. The monoisotopic (exact) mass is 387 g/mol. The van der Waals surface area contributed by atoms with Gasteiger partial charge in [0.05, 0.1) is 0 Å². The van der Waals surface area contributed by atoms with Gasteiger partial charge in [0, 0.05) is 43.4 Å². The summed E-state index contributed by atoms with van der Waals surface area (Å²) in [5, 5.41) is 5.58. The second-order valence-corrected chi connectivity index (χ2v) is 7.85. The van der Waals surface area contributed by atoms with Crippen LogP contribution in [0.1, 0.15) is 11.1 Å². The molecule has 0 atom stereocenters. The molecule has 1 saturated heterocycles. The van der Waals surface area contributed by atoms with Crippen LogP contribution in [0.4, 0.5) is 14.9 Å². The fourth-order valence-electron chi connectivity index (χ4n) is 3.05. The van der Waals surface area contributed by atoms with Crippen molar-refractivity contribution >= 4 is 23.5 Å². The fraction of sp³-hybridized carbons (Fsp3) is 0.381. The molecule has 1 fully saturated rings. The molecule has 2 N–H and O–H groups in total. The van der Waals surface area contributed by atoms with Crippen LogP contribution in [0.2, 0.25) is 0 Å². The van der Waals surface area contributed by atoms with Crippen LogP contribution in [0, 0.1) is 5.82 Å². The molecule has 0 spiro atoms. The van der Waals surface area contributed by atoms with Gasteiger partial charge in [-0.15, -0.1) is 0 Å². The Bertz CT molecular complexity index is 732. The number of nitrogens with one attached hydrogen (secondary N) is 2. The van der Waals surface area contributed by atoms with Gasteiger partial charge in [0.1, 0.15) is 5.82 Å². The average Bonchev–Trinajstić information content (AvgIpc) is 2.70. The summed E-state index contributed by atoms with van der Waals surface area (Å²) in [6.07, 6.45) is 1.49. The number of carbonyl (C=O) groups is 1. The van der Waals surface area contributed by atoms with Gasteiger partial charge in [0.2, 0.25) is 0 Å². The molecule has 27 heavy (non-hydrogen) atoms. The normalized spacial score (nSPS) is 14.7. The largest absolute Gasteiger partial charge is 0.338 e. The molecule has 0 aliphatic carbocycles. The number of anilines is 1. The van der Waals surface area contributed by atoms with E-state index in [0.717, 1.165) is 18.7 Å². The van der Waals surface area contributed by atoms with Crippen molar-refractivity contribution in [2.75, 3.05) is 43.0 Å². The first-order chi connectivity index (χ1) is 13.2. The summed E-state index contributed by atoms with van der Waals surface area (Å²) < 4.78 is 13.5. The molecule has 2 amide bonds. The second-order valence-electron chi connectivity index (χ2n) is 6.62. The topological polar surface area (TPSA) is 44.4 Å². The molecule has 2 aromatic carbocycles. The average molecular weight is 388 g/mol. The van der Waals surface area contributed by atoms with E-state index in [-0.39, 0.29) is 11.8 Å². The van der Waals surface area contributed by atoms with Gasteiger partial charge in [0.25, 0.3) is 0 Å². The Morgan fingerprint density at radius 2 is 1.78 bits per heavy atom. The van der Waals surface area contributed by atoms with Crippen LogP contribution in [0.25, 0.3) is 0 Å². The lowest BCUT2D eigenvalue weighted by molar-refractivity contribution is 0.252. The highest BCUT2D eigenvalue weighted by Crippen LogP contribution is 2.13. The Morgan fingerprint density at radius 3 is 2.52 bits per heavy atom. The maximum atomic E-state index is 13.5. The van der Waals surface area contributed by atoms with Crippen LogP contribution in [0.15, 0.2) is 48.5 Å². The van der Waals surface area contributed by atoms with Gasteiger partial charge < -0.3 is 15.5 Å². The van der Waals surface area contributed by atoms with Crippen LogP contribution in [-0.2, 0) is 12.8 Å². The lowest BCUT2D eigenvalue weighted by Crippen LogP contribution is -2.34. The summed E-state index contributed by atoms with van der Waals surface area (Å²) in [5.41, 5.74) is 2.64. The zero-order valence-electron chi connectivity index (χ0n) is 15.4. The third kappa shape index (κ3) is 6.56. The van der Waals surface area contributed by atoms with Crippen molar-refractivity contribution in [1.82, 2.24) is 10.2 Å². The van der Waals surface area contributed by atoms with E-state index in [1.807, 2.05) is 23.9 Å². The smallest absolute Gasteiger partial charge is 0.319 e. The first-order valence-corrected chi connectivity index (χ1v) is 10.5. The highest BCUT2D eigenvalue weighted by Gasteiger charge is 2.10. The van der Waals surface area contributed by atoms with E-state index in [1.54, 1.807) is 18.2 Å². The number of benzene rings is 2. The van der Waals surface area contributed by atoms with E-state index in [4.69, 9.17) is 0 Å². The second kappa shape index (κ2) is 10.3. The van der Waals surface area contributed by atoms with Gasteiger partial charge in [-0.3, -0.25) is 0 Å². The zero-order chi connectivity index (χ0) is 18.9. The number of thioether (sulfide) groups is 1. The highest BCUT2D eigenvalue weighted by molar-refractivity contribution is 7.99. The number of urea groups is 1. The third-order valence-corrected chi connectivity index (χ3v) is 5.61. The maximum absolute atomic E-state index is 13.5. The maximum Gasteiger partial charge on any atom is 0.319 e. The highest BCUT2D eigenvalue weighted by atomic mass is 32.2. The molecule has 6 heteroatoms. The van der Waals surface area contributed by atoms with Crippen LogP contribution in [0.3, 0.4) is 0 Å². The number of rotatable bonds is 7. The number of hydrogen-bond acceptors (Lipinski definition) is 3. The van der Waals surface area contributed by atoms with Crippen LogP contribution >= 0.6 is 11.8 Å². The van der Waals surface area contributed by atoms with E-state index in [9.17, 15) is 9.18 Å². The fourth-order valence-corrected chi connectivity index (χ4v) is 4.03. The van der Waals surface area contributed by atoms with Crippen LogP contribution in [-0.4, -0.2) is 48.6 Å². The van der Waals surface area contributed by atoms with E-state index in [2.05, 4.69) is 27.7 Å². The molecule has 2 aromatic rings. The van der Waals surface area contributed by atoms with E-state index < -0.39 is 0 Å². The minimum absolute atomic E-state index is 0.237. The number of nitrogens with zero attached hydrogens (tertiary/aromatic N) is 1. The van der Waals surface area contributed by atoms with Crippen molar-refractivity contribution in [2.24, 2.45) is 0 Å². The standard InChI is InChI=1S/C21H26FN3OS/c22-20-4-2-1-3-18(20)9-11-23-21(26)24-19-7-5-17(6-8-19)10-12-25-13-15-27-16-14-25/h1-8H,9-16H2,(H2,23,24,26). The molecule has 1 heterocycles. The van der Waals surface area contributed by atoms with Gasteiger partial charge >= 0.3 is 6.03 Å². The Morgan fingerprint density at radius 1 is 1.04 bits per heavy atom. The van der Waals surface area contributed by atoms with E-state index >= 15 is 0 Å². The quantitative estimate of drug-likeness (QED) is 0.760. The summed E-state index contributed by atoms with van der Waals surface area (Å²) in [6, 6.07) is 14.3. The van der Waals surface area contributed by atoms with Crippen LogP contribution in [0.5, 0.6) is 0 Å². The van der Waals surface area contributed by atoms with Crippen molar-refractivity contribution < 1.29 is 9.18 Å². The van der Waals surface area contributed by atoms with Crippen molar-refractivity contribution in [3.63, 3.8) is 0 Å². The molecule has 3 rings (SSSR count). The Hall–Kier alpha value is -2.05. The predicted octanol–water partition coefficient (Wildman–Crippen LogP) is 3.78. The molecule has 0 radical (unpaired) electrons. The number of hydrogen-bond donors (Lipinski definition) is 2. The molecular weight excluding hydrogens is 361 g/mol. The minimum Gasteiger partial charge on any atom is -0.338 e. The molecule has 0 unspecified atom stereocenters. The minimum atomic E-state index is -0.273. The number of amides is 2. The Labute approximate surface area is 164 Å². The molecule has 0 saturated carbocycles. The molecule has 1 aliphatic rings. The summed E-state index contributed by atoms with van der Waals surface area (Å²) in [5.74, 6) is 2.22. The molecule has 0 bridgehead atoms. The van der Waals surface area contributed by atoms with Gasteiger partial charge in [0.15, 0.2) is 0 Å². The van der Waals surface area contributed by atoms with Gasteiger partial charge in [-0.25, -0.2) is 9.18 Å². The van der Waals surface area contributed by atoms with Gasteiger partial charge in [-0.2, -0.15) is 11.8 Å². The molecule has 0 aromatic heterocycles. The summed E-state index contributed by atoms with van der Waals surface area (Å²) in [7, 11) is 0. The van der Waals surface area contributed by atoms with Gasteiger partial charge in [-0.1, -0.05) is 30.3 Å². The van der Waals surface area contributed by atoms with Gasteiger partial charge in [-0.05, 0) is 42.2 Å². The molecule has 144 valence electrons. The third-order valence-electron chi connectivity index (χ3n) is 4.67. The van der Waals surface area contributed by atoms with Crippen LogP contribution < -0.4 is 10.6 Å². The SMILES string of the molecule is O=C(NCCc1ccccc1F)Nc1ccc(CCN2CCSCC2)cc1. The summed E-state index contributed by atoms with van der Waals surface area (Å²) >= 11 is 2.03. The summed E-state index contributed by atoms with van der Waals surface area (Å²) in [6.45, 7) is 3.83. The lowest BCUT2D eigenvalue weighted by atomic mass is 10.1. The molecule has 4 nitrogen and oxygen atoms in total. The number of halogens is 1. The van der Waals surface area contributed by atoms with E-state index in [1.165, 1.54) is 36.2 Å². The predicted molar refractivity (Wildman–Crippen MR) is 111 cm³/mol. The first kappa shape index (κ1) is 19.7. The lowest BCUT2D eigenvalue weighted by Gasteiger charge is -2.26. The Balaban J connectivity index is 1.38. The van der Waals surface area contributed by atoms with Crippen molar-refractivity contribution in [2.45, 2.75) is 12.8 Å². The van der Waals surface area contributed by atoms with Crippen molar-refractivity contribution in [1.29, 1.82) is 0 Å². The molecular formula is C21H26FN3OS. The summed E-state index contributed by atoms with van der Waals surface area (Å²) in [4.78, 5) is 14.5. The Kier molecular flexibility index (Phi) is 7.54. The number of carbonyl (C=O) groups excluding carboxylic acids is 1.